The van der Waals surface area contributed by atoms with Crippen LogP contribution < -0.4 is 0 Å². The van der Waals surface area contributed by atoms with E-state index in [0.717, 1.165) is 11.6 Å². The lowest BCUT2D eigenvalue weighted by Crippen LogP contribution is -1.97. The standard InChI is InChI=1S/C7H7N.C5H8O2/c1-2-7-3-5-8-6-4-7;1-3-5(6)7-4-2/h2-6H,1H2;3H,1,4H2,2H3. The molecule has 15 heavy (non-hydrogen) atoms. The van der Waals surface area contributed by atoms with Crippen LogP contribution in [0.4, 0.5) is 0 Å². The maximum Gasteiger partial charge on any atom is 0.330 e. The van der Waals surface area contributed by atoms with Crippen LogP contribution in [-0.4, -0.2) is 17.6 Å². The Morgan fingerprint density at radius 2 is 2.07 bits per heavy atom. The molecule has 0 radical (unpaired) electrons. The molecule has 0 aliphatic carbocycles. The highest BCUT2D eigenvalue weighted by Crippen LogP contribution is 1.94. The highest BCUT2D eigenvalue weighted by molar-refractivity contribution is 5.81. The Hall–Kier alpha value is -1.90. The van der Waals surface area contributed by atoms with Gasteiger partial charge in [0.05, 0.1) is 6.61 Å². The van der Waals surface area contributed by atoms with Crippen molar-refractivity contribution in [1.82, 2.24) is 4.98 Å². The molecule has 0 aliphatic rings. The summed E-state index contributed by atoms with van der Waals surface area (Å²) in [4.78, 5) is 13.9. The van der Waals surface area contributed by atoms with Crippen molar-refractivity contribution in [3.8, 4) is 0 Å². The number of hydrogen-bond acceptors (Lipinski definition) is 3. The Labute approximate surface area is 90.1 Å². The van der Waals surface area contributed by atoms with E-state index in [4.69, 9.17) is 0 Å². The van der Waals surface area contributed by atoms with Crippen LogP contribution in [-0.2, 0) is 9.53 Å². The van der Waals surface area contributed by atoms with E-state index in [-0.39, 0.29) is 5.97 Å². The summed E-state index contributed by atoms with van der Waals surface area (Å²) in [7, 11) is 0. The first-order valence-corrected chi connectivity index (χ1v) is 4.56. The zero-order valence-electron chi connectivity index (χ0n) is 8.85. The van der Waals surface area contributed by atoms with Crippen molar-refractivity contribution in [2.75, 3.05) is 6.61 Å². The van der Waals surface area contributed by atoms with Gasteiger partial charge in [0.2, 0.25) is 0 Å². The molecule has 0 saturated carbocycles. The smallest absolute Gasteiger partial charge is 0.330 e. The van der Waals surface area contributed by atoms with E-state index in [9.17, 15) is 4.79 Å². The van der Waals surface area contributed by atoms with E-state index in [1.807, 2.05) is 12.1 Å². The third-order valence-corrected chi connectivity index (χ3v) is 1.40. The first-order chi connectivity index (χ1) is 7.24. The van der Waals surface area contributed by atoms with Crippen LogP contribution in [0.1, 0.15) is 12.5 Å². The normalized spacial score (nSPS) is 8.07. The Balaban J connectivity index is 0.000000265. The summed E-state index contributed by atoms with van der Waals surface area (Å²) in [5.41, 5.74) is 1.11. The predicted octanol–water partition coefficient (Wildman–Crippen LogP) is 2.46. The summed E-state index contributed by atoms with van der Waals surface area (Å²) < 4.78 is 4.43. The van der Waals surface area contributed by atoms with E-state index >= 15 is 0 Å². The molecule has 0 fully saturated rings. The van der Waals surface area contributed by atoms with Crippen LogP contribution >= 0.6 is 0 Å². The first kappa shape index (κ1) is 13.1. The summed E-state index contributed by atoms with van der Waals surface area (Å²) in [6.45, 7) is 8.98. The van der Waals surface area contributed by atoms with Crippen molar-refractivity contribution in [3.63, 3.8) is 0 Å². The lowest BCUT2D eigenvalue weighted by Gasteiger charge is -1.90. The summed E-state index contributed by atoms with van der Waals surface area (Å²) >= 11 is 0. The van der Waals surface area contributed by atoms with Crippen molar-refractivity contribution in [2.24, 2.45) is 0 Å². The number of hydrogen-bond donors (Lipinski definition) is 0. The van der Waals surface area contributed by atoms with E-state index < -0.39 is 0 Å². The van der Waals surface area contributed by atoms with Gasteiger partial charge in [-0.25, -0.2) is 4.79 Å². The van der Waals surface area contributed by atoms with Crippen molar-refractivity contribution in [1.29, 1.82) is 0 Å². The number of rotatable bonds is 3. The quantitative estimate of drug-likeness (QED) is 0.562. The Morgan fingerprint density at radius 1 is 1.47 bits per heavy atom. The van der Waals surface area contributed by atoms with Gasteiger partial charge in [0.25, 0.3) is 0 Å². The maximum absolute atomic E-state index is 10.1. The molecule has 3 heteroatoms. The first-order valence-electron chi connectivity index (χ1n) is 4.56. The molecule has 1 aromatic rings. The Bertz CT molecular complexity index is 307. The fourth-order valence-electron chi connectivity index (χ4n) is 0.701. The number of ether oxygens (including phenoxy) is 1. The Morgan fingerprint density at radius 3 is 2.33 bits per heavy atom. The van der Waals surface area contributed by atoms with Gasteiger partial charge in [-0.1, -0.05) is 19.2 Å². The SMILES string of the molecule is C=CC(=O)OCC.C=Cc1ccncc1. The monoisotopic (exact) mass is 205 g/mol. The molecule has 0 atom stereocenters. The molecular formula is C12H15NO2. The molecular weight excluding hydrogens is 190 g/mol. The minimum atomic E-state index is -0.359. The predicted molar refractivity (Wildman–Crippen MR) is 61.2 cm³/mol. The van der Waals surface area contributed by atoms with Crippen molar-refractivity contribution in [3.05, 3.63) is 49.3 Å². The minimum Gasteiger partial charge on any atom is -0.463 e. The second-order valence-electron chi connectivity index (χ2n) is 2.44. The zero-order chi connectivity index (χ0) is 11.5. The van der Waals surface area contributed by atoms with Gasteiger partial charge in [-0.3, -0.25) is 4.98 Å². The van der Waals surface area contributed by atoms with Gasteiger partial charge in [-0.15, -0.1) is 0 Å². The molecule has 1 rings (SSSR count). The van der Waals surface area contributed by atoms with Crippen LogP contribution in [0, 0.1) is 0 Å². The van der Waals surface area contributed by atoms with Crippen LogP contribution in [0.3, 0.4) is 0 Å². The number of aromatic nitrogens is 1. The molecule has 80 valence electrons. The van der Waals surface area contributed by atoms with Crippen LogP contribution in [0.25, 0.3) is 6.08 Å². The minimum absolute atomic E-state index is 0.359. The average molecular weight is 205 g/mol. The molecule has 1 aromatic heterocycles. The second-order valence-corrected chi connectivity index (χ2v) is 2.44. The second kappa shape index (κ2) is 8.69. The maximum atomic E-state index is 10.1. The van der Waals surface area contributed by atoms with Gasteiger partial charge in [0, 0.05) is 18.5 Å². The van der Waals surface area contributed by atoms with Gasteiger partial charge in [-0.05, 0) is 24.6 Å². The molecule has 0 saturated heterocycles. The van der Waals surface area contributed by atoms with Gasteiger partial charge in [0.1, 0.15) is 0 Å². The number of pyridine rings is 1. The third kappa shape index (κ3) is 7.19. The van der Waals surface area contributed by atoms with Gasteiger partial charge >= 0.3 is 5.97 Å². The topological polar surface area (TPSA) is 39.2 Å². The van der Waals surface area contributed by atoms with Crippen molar-refractivity contribution in [2.45, 2.75) is 6.92 Å². The Kier molecular flexibility index (Phi) is 7.59. The molecule has 0 bridgehead atoms. The summed E-state index contributed by atoms with van der Waals surface area (Å²) in [6.07, 6.45) is 6.43. The molecule has 0 amide bonds. The fourth-order valence-corrected chi connectivity index (χ4v) is 0.701. The van der Waals surface area contributed by atoms with Gasteiger partial charge in [0.15, 0.2) is 0 Å². The van der Waals surface area contributed by atoms with E-state index in [1.54, 1.807) is 25.4 Å². The molecule has 0 aromatic carbocycles. The van der Waals surface area contributed by atoms with Crippen LogP contribution in [0.2, 0.25) is 0 Å². The van der Waals surface area contributed by atoms with Crippen LogP contribution in [0.15, 0.2) is 43.8 Å². The third-order valence-electron chi connectivity index (χ3n) is 1.40. The number of carbonyl (C=O) groups is 1. The molecule has 0 spiro atoms. The van der Waals surface area contributed by atoms with Gasteiger partial charge in [-0.2, -0.15) is 0 Å². The molecule has 3 nitrogen and oxygen atoms in total. The van der Waals surface area contributed by atoms with Crippen LogP contribution in [0.5, 0.6) is 0 Å². The lowest BCUT2D eigenvalue weighted by molar-refractivity contribution is -0.137. The molecule has 0 aliphatic heterocycles. The number of nitrogens with zero attached hydrogens (tertiary/aromatic N) is 1. The lowest BCUT2D eigenvalue weighted by atomic mass is 10.3. The number of carbonyl (C=O) groups excluding carboxylic acids is 1. The van der Waals surface area contributed by atoms with E-state index in [0.29, 0.717) is 6.61 Å². The average Bonchev–Trinajstić information content (AvgIpc) is 2.31. The summed E-state index contributed by atoms with van der Waals surface area (Å²) in [6, 6.07) is 3.82. The van der Waals surface area contributed by atoms with Gasteiger partial charge < -0.3 is 4.74 Å². The van der Waals surface area contributed by atoms with Crippen molar-refractivity contribution < 1.29 is 9.53 Å². The summed E-state index contributed by atoms with van der Waals surface area (Å²) in [5, 5.41) is 0. The highest BCUT2D eigenvalue weighted by Gasteiger charge is 1.86. The van der Waals surface area contributed by atoms with Crippen molar-refractivity contribution >= 4 is 12.0 Å². The molecule has 0 unspecified atom stereocenters. The van der Waals surface area contributed by atoms with E-state index in [2.05, 4.69) is 22.9 Å². The van der Waals surface area contributed by atoms with E-state index in [1.165, 1.54) is 0 Å². The molecule has 0 N–H and O–H groups in total. The zero-order valence-corrected chi connectivity index (χ0v) is 8.85. The fraction of sp³-hybridized carbons (Fsp3) is 0.167. The molecule has 1 heterocycles. The summed E-state index contributed by atoms with van der Waals surface area (Å²) in [5.74, 6) is -0.359. The number of esters is 1. The largest absolute Gasteiger partial charge is 0.463 e. The highest BCUT2D eigenvalue weighted by atomic mass is 16.5.